The maximum atomic E-state index is 13.0. The number of carboxylic acid groups (broad SMARTS) is 1. The zero-order valence-corrected chi connectivity index (χ0v) is 24.6. The van der Waals surface area contributed by atoms with Gasteiger partial charge in [-0.2, -0.15) is 0 Å². The maximum Gasteiger partial charge on any atom is 0.337 e. The Hall–Kier alpha value is -3.30. The minimum Gasteiger partial charge on any atom is -0.493 e. The number of nitrogen functional groups attached to an aromatic ring is 1. The average molecular weight is 556 g/mol. The first kappa shape index (κ1) is 31.2. The highest BCUT2D eigenvalue weighted by Gasteiger charge is 2.34. The summed E-state index contributed by atoms with van der Waals surface area (Å²) in [5, 5.41) is 23.4. The Bertz CT molecular complexity index is 1210. The van der Waals surface area contributed by atoms with Crippen molar-refractivity contribution in [3.63, 3.8) is 0 Å². The van der Waals surface area contributed by atoms with Crippen molar-refractivity contribution in [1.82, 2.24) is 5.32 Å². The Morgan fingerprint density at radius 1 is 1.07 bits per heavy atom. The van der Waals surface area contributed by atoms with Gasteiger partial charge in [0.05, 0.1) is 23.6 Å². The summed E-state index contributed by atoms with van der Waals surface area (Å²) in [6.07, 6.45) is 5.89. The van der Waals surface area contributed by atoms with Gasteiger partial charge in [-0.25, -0.2) is 9.59 Å². The summed E-state index contributed by atoms with van der Waals surface area (Å²) in [6.45, 7) is 9.84. The van der Waals surface area contributed by atoms with Crippen LogP contribution in [0.25, 0.3) is 11.1 Å². The van der Waals surface area contributed by atoms with E-state index in [1.165, 1.54) is 6.42 Å². The van der Waals surface area contributed by atoms with Crippen molar-refractivity contribution >= 4 is 23.4 Å². The maximum absolute atomic E-state index is 13.0. The molecule has 1 heterocycles. The highest BCUT2D eigenvalue weighted by atomic mass is 16.5. The molecule has 0 spiro atoms. The lowest BCUT2D eigenvalue weighted by atomic mass is 9.85. The molecule has 9 nitrogen and oxygen atoms in total. The van der Waals surface area contributed by atoms with Gasteiger partial charge in [0.1, 0.15) is 5.75 Å². The van der Waals surface area contributed by atoms with E-state index >= 15 is 0 Å². The van der Waals surface area contributed by atoms with Crippen molar-refractivity contribution in [2.24, 2.45) is 0 Å². The molecule has 0 saturated heterocycles. The summed E-state index contributed by atoms with van der Waals surface area (Å²) in [7, 11) is 1.00. The predicted molar refractivity (Wildman–Crippen MR) is 158 cm³/mol. The average Bonchev–Trinajstić information content (AvgIpc) is 2.92. The predicted octanol–water partition coefficient (Wildman–Crippen LogP) is 5.88. The first-order valence-electron chi connectivity index (χ1n) is 14.1. The van der Waals surface area contributed by atoms with E-state index in [1.54, 1.807) is 6.92 Å². The Morgan fingerprint density at radius 3 is 2.38 bits per heavy atom. The molecule has 0 radical (unpaired) electrons. The van der Waals surface area contributed by atoms with Crippen LogP contribution in [0, 0.1) is 13.8 Å². The van der Waals surface area contributed by atoms with Crippen LogP contribution in [0.4, 0.5) is 16.2 Å². The lowest BCUT2D eigenvalue weighted by Gasteiger charge is -2.31. The second kappa shape index (κ2) is 13.4. The second-order valence-electron chi connectivity index (χ2n) is 11.5. The Balaban J connectivity index is 0.00000216. The number of anilines is 2. The number of aliphatic carboxylic acids is 1. The number of aryl methyl sites for hydroxylation is 1. The molecule has 9 heteroatoms. The van der Waals surface area contributed by atoms with Gasteiger partial charge in [-0.1, -0.05) is 25.3 Å². The molecule has 2 aromatic carbocycles. The van der Waals surface area contributed by atoms with E-state index in [2.05, 4.69) is 16.7 Å². The molecule has 1 atom stereocenters. The number of hydrogen-bond acceptors (Lipinski definition) is 6. The third-order valence-corrected chi connectivity index (χ3v) is 7.43. The van der Waals surface area contributed by atoms with Crippen molar-refractivity contribution < 1.29 is 29.3 Å². The summed E-state index contributed by atoms with van der Waals surface area (Å²) in [6, 6.07) is 5.76. The number of aliphatic hydroxyl groups is 1. The van der Waals surface area contributed by atoms with Gasteiger partial charge in [-0.05, 0) is 100 Å². The number of aliphatic hydroxyl groups excluding tert-OH is 1. The Labute approximate surface area is 237 Å². The Morgan fingerprint density at radius 2 is 1.75 bits per heavy atom. The van der Waals surface area contributed by atoms with E-state index in [-0.39, 0.29) is 12.1 Å². The molecular formula is C31H45N3O6. The van der Waals surface area contributed by atoms with E-state index in [1.807, 2.05) is 39.8 Å². The smallest absolute Gasteiger partial charge is 0.337 e. The summed E-state index contributed by atoms with van der Waals surface area (Å²) in [4.78, 5) is 25.6. The highest BCUT2D eigenvalue weighted by molar-refractivity contribution is 5.99. The van der Waals surface area contributed by atoms with Crippen LogP contribution < -0.4 is 21.1 Å². The van der Waals surface area contributed by atoms with E-state index in [0.29, 0.717) is 40.2 Å². The van der Waals surface area contributed by atoms with E-state index in [9.17, 15) is 14.7 Å². The van der Waals surface area contributed by atoms with Crippen LogP contribution >= 0.6 is 0 Å². The first-order valence-corrected chi connectivity index (χ1v) is 14.1. The summed E-state index contributed by atoms with van der Waals surface area (Å²) in [5.41, 5.74) is 11.1. The molecular weight excluding hydrogens is 510 g/mol. The van der Waals surface area contributed by atoms with Gasteiger partial charge in [0.25, 0.3) is 0 Å². The number of carboxylic acids is 1. The molecule has 1 unspecified atom stereocenters. The third-order valence-electron chi connectivity index (χ3n) is 7.43. The third kappa shape index (κ3) is 7.26. The van der Waals surface area contributed by atoms with Gasteiger partial charge in [0.2, 0.25) is 0 Å². The molecule has 40 heavy (non-hydrogen) atoms. The number of urea groups is 1. The fourth-order valence-corrected chi connectivity index (χ4v) is 5.59. The minimum atomic E-state index is -1.25. The summed E-state index contributed by atoms with van der Waals surface area (Å²) < 4.78 is 11.9. The Kier molecular flexibility index (Phi) is 10.4. The van der Waals surface area contributed by atoms with Crippen molar-refractivity contribution in [1.29, 1.82) is 0 Å². The van der Waals surface area contributed by atoms with Gasteiger partial charge < -0.3 is 36.1 Å². The fourth-order valence-electron chi connectivity index (χ4n) is 5.59. The number of carbonyl (C=O) groups is 2. The van der Waals surface area contributed by atoms with Crippen LogP contribution in [0.3, 0.4) is 0 Å². The second-order valence-corrected chi connectivity index (χ2v) is 11.5. The number of rotatable bonds is 6. The number of carbonyl (C=O) groups excluding carboxylic acids is 1. The van der Waals surface area contributed by atoms with Gasteiger partial charge in [0, 0.05) is 18.7 Å². The number of benzene rings is 2. The molecule has 1 aliphatic heterocycles. The van der Waals surface area contributed by atoms with E-state index in [0.717, 1.165) is 62.5 Å². The topological polar surface area (TPSA) is 143 Å². The number of nitrogens with one attached hydrogen (secondary N) is 2. The molecule has 1 saturated carbocycles. The van der Waals surface area contributed by atoms with Crippen molar-refractivity contribution in [2.75, 3.05) is 24.8 Å². The molecule has 1 aliphatic carbocycles. The van der Waals surface area contributed by atoms with E-state index < -0.39 is 17.7 Å². The molecule has 0 bridgehead atoms. The molecule has 2 aliphatic rings. The number of ether oxygens (including phenoxy) is 2. The highest BCUT2D eigenvalue weighted by Crippen LogP contribution is 2.45. The zero-order chi connectivity index (χ0) is 29.6. The largest absolute Gasteiger partial charge is 0.493 e. The van der Waals surface area contributed by atoms with Crippen molar-refractivity contribution in [2.45, 2.75) is 97.3 Å². The van der Waals surface area contributed by atoms with Crippen LogP contribution in [0.1, 0.15) is 87.7 Å². The number of amides is 2. The molecule has 1 fully saturated rings. The molecule has 0 aromatic heterocycles. The molecule has 6 N–H and O–H groups in total. The fraction of sp³-hybridized carbons (Fsp3) is 0.548. The quantitative estimate of drug-likeness (QED) is 0.280. The van der Waals surface area contributed by atoms with Crippen LogP contribution in [0.15, 0.2) is 18.2 Å². The number of fused-ring (bicyclic) bond motifs is 1. The van der Waals surface area contributed by atoms with Crippen LogP contribution in [0.2, 0.25) is 0 Å². The summed E-state index contributed by atoms with van der Waals surface area (Å²) in [5.74, 6) is -0.252. The number of nitrogens with two attached hydrogens (primary N) is 1. The molecule has 4 rings (SSSR count). The summed E-state index contributed by atoms with van der Waals surface area (Å²) >= 11 is 0. The molecule has 220 valence electrons. The molecule has 2 aromatic rings. The van der Waals surface area contributed by atoms with Crippen LogP contribution in [-0.2, 0) is 16.0 Å². The number of hydrogen-bond donors (Lipinski definition) is 5. The van der Waals surface area contributed by atoms with Crippen LogP contribution in [-0.4, -0.2) is 47.6 Å². The van der Waals surface area contributed by atoms with Gasteiger partial charge in [-0.15, -0.1) is 0 Å². The lowest BCUT2D eigenvalue weighted by molar-refractivity contribution is -0.160. The van der Waals surface area contributed by atoms with Crippen LogP contribution in [0.5, 0.6) is 5.75 Å². The SMILES string of the molecule is CO.Cc1c(NC(=O)NC2CCCCC2)c(N)c(C)c(C(OC(C)(C)C)C(=O)O)c1-c1ccc2c(c1)CCCO2. The molecule has 2 amide bonds. The van der Waals surface area contributed by atoms with E-state index in [4.69, 9.17) is 20.3 Å². The first-order chi connectivity index (χ1) is 19.0. The lowest BCUT2D eigenvalue weighted by Crippen LogP contribution is -2.39. The standard InChI is InChI=1S/C30H41N3O5.CH4O/c1-17-24(27(28(34)35)38-30(3,4)5)23(20-13-14-22-19(16-20)10-9-15-37-22)18(2)26(25(17)31)33-29(36)32-21-11-7-6-8-12-21;1-2/h13-14,16,21,27H,6-12,15,31H2,1-5H3,(H,34,35)(H2,32,33,36);2H,1H3. The van der Waals surface area contributed by atoms with Gasteiger partial charge in [0.15, 0.2) is 6.10 Å². The van der Waals surface area contributed by atoms with Crippen molar-refractivity contribution in [3.8, 4) is 16.9 Å². The zero-order valence-electron chi connectivity index (χ0n) is 24.6. The minimum absolute atomic E-state index is 0.141. The van der Waals surface area contributed by atoms with Crippen molar-refractivity contribution in [3.05, 3.63) is 40.5 Å². The normalized spacial score (nSPS) is 16.1. The van der Waals surface area contributed by atoms with Gasteiger partial charge >= 0.3 is 12.0 Å². The monoisotopic (exact) mass is 555 g/mol. The van der Waals surface area contributed by atoms with Gasteiger partial charge in [-0.3, -0.25) is 0 Å².